The maximum atomic E-state index is 12.4. The highest BCUT2D eigenvalue weighted by atomic mass is 35.5. The molecule has 0 saturated heterocycles. The van der Waals surface area contributed by atoms with E-state index in [1.807, 2.05) is 0 Å². The summed E-state index contributed by atoms with van der Waals surface area (Å²) >= 11 is 6.05. The molecule has 2 aromatic rings. The largest absolute Gasteiger partial charge is 0.434 e. The topological polar surface area (TPSA) is 47.9 Å². The van der Waals surface area contributed by atoms with Gasteiger partial charge in [0.2, 0.25) is 5.90 Å². The second-order valence-corrected chi connectivity index (χ2v) is 5.14. The molecule has 0 unspecified atom stereocenters. The van der Waals surface area contributed by atoms with Crippen LogP contribution < -0.4 is 4.74 Å². The van der Waals surface area contributed by atoms with E-state index in [2.05, 4.69) is 9.73 Å². The molecule has 1 aliphatic rings. The summed E-state index contributed by atoms with van der Waals surface area (Å²) < 4.78 is 34.4. The van der Waals surface area contributed by atoms with E-state index in [-0.39, 0.29) is 22.9 Å². The van der Waals surface area contributed by atoms with Gasteiger partial charge < -0.3 is 9.47 Å². The van der Waals surface area contributed by atoms with Crippen LogP contribution in [-0.2, 0) is 9.53 Å². The zero-order chi connectivity index (χ0) is 17.1. The second kappa shape index (κ2) is 6.80. The van der Waals surface area contributed by atoms with E-state index in [0.717, 1.165) is 0 Å². The number of aliphatic imine (C=N–C) groups is 1. The standard InChI is InChI=1S/C17H10ClF2NO3/c18-12-7-3-2-6-11(12)15-21-13(16(22)24-15)9-10-5-1-4-8-14(10)23-17(19)20/h1-9,17H. The Morgan fingerprint density at radius 2 is 1.83 bits per heavy atom. The summed E-state index contributed by atoms with van der Waals surface area (Å²) in [5.41, 5.74) is 0.720. The first kappa shape index (κ1) is 16.1. The molecule has 0 saturated carbocycles. The molecule has 0 radical (unpaired) electrons. The van der Waals surface area contributed by atoms with E-state index in [9.17, 15) is 13.6 Å². The average Bonchev–Trinajstić information content (AvgIpc) is 2.90. The van der Waals surface area contributed by atoms with E-state index in [1.165, 1.54) is 18.2 Å². The fourth-order valence-electron chi connectivity index (χ4n) is 2.11. The lowest BCUT2D eigenvalue weighted by atomic mass is 10.1. The maximum absolute atomic E-state index is 12.4. The molecule has 0 atom stereocenters. The Bertz CT molecular complexity index is 849. The first-order valence-corrected chi connectivity index (χ1v) is 7.23. The van der Waals surface area contributed by atoms with Crippen molar-refractivity contribution in [1.82, 2.24) is 0 Å². The van der Waals surface area contributed by atoms with E-state index < -0.39 is 12.6 Å². The Morgan fingerprint density at radius 3 is 2.58 bits per heavy atom. The predicted octanol–water partition coefficient (Wildman–Crippen LogP) is 4.29. The average molecular weight is 350 g/mol. The van der Waals surface area contributed by atoms with Gasteiger partial charge in [-0.3, -0.25) is 0 Å². The van der Waals surface area contributed by atoms with Crippen molar-refractivity contribution >= 4 is 29.5 Å². The van der Waals surface area contributed by atoms with E-state index in [0.29, 0.717) is 10.6 Å². The van der Waals surface area contributed by atoms with Crippen LogP contribution >= 0.6 is 11.6 Å². The quantitative estimate of drug-likeness (QED) is 0.611. The molecule has 0 aromatic heterocycles. The molecule has 4 nitrogen and oxygen atoms in total. The van der Waals surface area contributed by atoms with Gasteiger partial charge in [0.25, 0.3) is 0 Å². The number of benzene rings is 2. The summed E-state index contributed by atoms with van der Waals surface area (Å²) in [7, 11) is 0. The number of esters is 1. The monoisotopic (exact) mass is 349 g/mol. The lowest BCUT2D eigenvalue weighted by molar-refractivity contribution is -0.129. The van der Waals surface area contributed by atoms with E-state index >= 15 is 0 Å². The lowest BCUT2D eigenvalue weighted by Crippen LogP contribution is -2.06. The van der Waals surface area contributed by atoms with Gasteiger partial charge in [-0.25, -0.2) is 9.79 Å². The van der Waals surface area contributed by atoms with Gasteiger partial charge in [0.1, 0.15) is 5.75 Å². The number of para-hydroxylation sites is 1. The van der Waals surface area contributed by atoms with Crippen LogP contribution in [0.3, 0.4) is 0 Å². The number of cyclic esters (lactones) is 1. The zero-order valence-corrected chi connectivity index (χ0v) is 12.8. The minimum Gasteiger partial charge on any atom is -0.434 e. The van der Waals surface area contributed by atoms with Gasteiger partial charge in [-0.2, -0.15) is 8.78 Å². The predicted molar refractivity (Wildman–Crippen MR) is 85.1 cm³/mol. The summed E-state index contributed by atoms with van der Waals surface area (Å²) in [5, 5.41) is 0.381. The summed E-state index contributed by atoms with van der Waals surface area (Å²) in [6.07, 6.45) is 1.32. The van der Waals surface area contributed by atoms with Crippen molar-refractivity contribution in [2.75, 3.05) is 0 Å². The van der Waals surface area contributed by atoms with Gasteiger partial charge in [0, 0.05) is 5.56 Å². The number of alkyl halides is 2. The first-order chi connectivity index (χ1) is 11.5. The number of ether oxygens (including phenoxy) is 2. The number of carbonyl (C=O) groups is 1. The summed E-state index contributed by atoms with van der Waals surface area (Å²) in [5.74, 6) is -0.699. The molecule has 0 amide bonds. The Labute approximate surface area is 141 Å². The molecular formula is C17H10ClF2NO3. The van der Waals surface area contributed by atoms with Crippen LogP contribution in [0.4, 0.5) is 8.78 Å². The Kier molecular flexibility index (Phi) is 4.57. The molecule has 24 heavy (non-hydrogen) atoms. The maximum Gasteiger partial charge on any atom is 0.387 e. The van der Waals surface area contributed by atoms with Crippen molar-refractivity contribution in [3.63, 3.8) is 0 Å². The van der Waals surface area contributed by atoms with Crippen molar-refractivity contribution in [2.24, 2.45) is 4.99 Å². The van der Waals surface area contributed by atoms with Crippen molar-refractivity contribution in [1.29, 1.82) is 0 Å². The normalized spacial score (nSPS) is 15.6. The fraction of sp³-hybridized carbons (Fsp3) is 0.0588. The molecule has 2 aromatic carbocycles. The smallest absolute Gasteiger partial charge is 0.387 e. The molecule has 0 N–H and O–H groups in total. The first-order valence-electron chi connectivity index (χ1n) is 6.86. The number of hydrogen-bond acceptors (Lipinski definition) is 4. The van der Waals surface area contributed by atoms with Crippen molar-refractivity contribution in [3.05, 3.63) is 70.4 Å². The van der Waals surface area contributed by atoms with Crippen molar-refractivity contribution < 1.29 is 23.0 Å². The minimum absolute atomic E-state index is 0.0322. The highest BCUT2D eigenvalue weighted by molar-refractivity contribution is 6.34. The zero-order valence-electron chi connectivity index (χ0n) is 12.1. The van der Waals surface area contributed by atoms with Crippen LogP contribution in [-0.4, -0.2) is 18.5 Å². The number of nitrogens with zero attached hydrogens (tertiary/aromatic N) is 1. The molecule has 3 rings (SSSR count). The minimum atomic E-state index is -2.97. The van der Waals surface area contributed by atoms with Crippen molar-refractivity contribution in [3.8, 4) is 5.75 Å². The number of halogens is 3. The van der Waals surface area contributed by atoms with Crippen molar-refractivity contribution in [2.45, 2.75) is 6.61 Å². The van der Waals surface area contributed by atoms with Gasteiger partial charge in [0.15, 0.2) is 5.70 Å². The summed E-state index contributed by atoms with van der Waals surface area (Å²) in [6.45, 7) is -2.97. The van der Waals surface area contributed by atoms with Crippen LogP contribution in [0.1, 0.15) is 11.1 Å². The van der Waals surface area contributed by atoms with E-state index in [4.69, 9.17) is 16.3 Å². The Balaban J connectivity index is 1.97. The van der Waals surface area contributed by atoms with Crippen LogP contribution in [0.15, 0.2) is 59.2 Å². The van der Waals surface area contributed by atoms with Gasteiger partial charge in [-0.1, -0.05) is 41.9 Å². The van der Waals surface area contributed by atoms with Crippen LogP contribution in [0.2, 0.25) is 5.02 Å². The number of rotatable bonds is 4. The Hall–Kier alpha value is -2.73. The molecule has 0 bridgehead atoms. The van der Waals surface area contributed by atoms with E-state index in [1.54, 1.807) is 36.4 Å². The molecule has 0 fully saturated rings. The molecule has 122 valence electrons. The third-order valence-electron chi connectivity index (χ3n) is 3.15. The number of hydrogen-bond donors (Lipinski definition) is 0. The van der Waals surface area contributed by atoms with Gasteiger partial charge in [-0.05, 0) is 24.3 Å². The van der Waals surface area contributed by atoms with Crippen LogP contribution in [0.25, 0.3) is 6.08 Å². The van der Waals surface area contributed by atoms with Crippen LogP contribution in [0, 0.1) is 0 Å². The van der Waals surface area contributed by atoms with Gasteiger partial charge in [0.05, 0.1) is 10.6 Å². The highest BCUT2D eigenvalue weighted by Crippen LogP contribution is 2.27. The lowest BCUT2D eigenvalue weighted by Gasteiger charge is -2.07. The number of carbonyl (C=O) groups excluding carboxylic acids is 1. The third kappa shape index (κ3) is 3.44. The second-order valence-electron chi connectivity index (χ2n) is 4.73. The van der Waals surface area contributed by atoms with Crippen LogP contribution in [0.5, 0.6) is 5.75 Å². The van der Waals surface area contributed by atoms with Gasteiger partial charge in [-0.15, -0.1) is 0 Å². The Morgan fingerprint density at radius 1 is 1.12 bits per heavy atom. The third-order valence-corrected chi connectivity index (χ3v) is 3.48. The molecule has 0 aliphatic carbocycles. The summed E-state index contributed by atoms with van der Waals surface area (Å²) in [4.78, 5) is 16.1. The SMILES string of the molecule is O=C1OC(c2ccccc2Cl)=NC1=Cc1ccccc1OC(F)F. The highest BCUT2D eigenvalue weighted by Gasteiger charge is 2.25. The molecule has 0 spiro atoms. The molecule has 1 heterocycles. The van der Waals surface area contributed by atoms with Gasteiger partial charge >= 0.3 is 12.6 Å². The summed E-state index contributed by atoms with van der Waals surface area (Å²) in [6, 6.07) is 12.8. The fourth-order valence-corrected chi connectivity index (χ4v) is 2.33. The molecule has 1 aliphatic heterocycles. The molecular weight excluding hydrogens is 340 g/mol. The molecule has 7 heteroatoms.